The van der Waals surface area contributed by atoms with Gasteiger partial charge >= 0.3 is 0 Å². The molecule has 0 saturated heterocycles. The summed E-state index contributed by atoms with van der Waals surface area (Å²) in [4.78, 5) is 5.38. The Morgan fingerprint density at radius 2 is 2.32 bits per heavy atom. The number of nitrogens with one attached hydrogen (secondary N) is 1. The van der Waals surface area contributed by atoms with E-state index >= 15 is 0 Å². The summed E-state index contributed by atoms with van der Waals surface area (Å²) in [5.41, 5.74) is 7.85. The van der Waals surface area contributed by atoms with Crippen LogP contribution in [-0.2, 0) is 6.42 Å². The minimum atomic E-state index is 0.212. The van der Waals surface area contributed by atoms with E-state index in [1.807, 2.05) is 11.7 Å². The highest BCUT2D eigenvalue weighted by atomic mass is 32.1. The van der Waals surface area contributed by atoms with Crippen LogP contribution in [0.2, 0.25) is 0 Å². The first-order valence-corrected chi connectivity index (χ1v) is 7.68. The Hall–Kier alpha value is -1.23. The molecule has 0 aliphatic heterocycles. The molecule has 100 valence electrons. The van der Waals surface area contributed by atoms with Gasteiger partial charge in [-0.2, -0.15) is 0 Å². The van der Waals surface area contributed by atoms with Crippen LogP contribution in [0.3, 0.4) is 0 Å². The van der Waals surface area contributed by atoms with Crippen molar-refractivity contribution < 1.29 is 0 Å². The van der Waals surface area contributed by atoms with E-state index in [9.17, 15) is 0 Å². The van der Waals surface area contributed by atoms with Crippen LogP contribution in [0.15, 0.2) is 36.0 Å². The second-order valence-electron chi connectivity index (χ2n) is 5.15. The predicted octanol–water partition coefficient (Wildman–Crippen LogP) is 3.16. The van der Waals surface area contributed by atoms with Crippen LogP contribution >= 0.6 is 11.3 Å². The number of hydrogen-bond acceptors (Lipinski definition) is 4. The first kappa shape index (κ1) is 12.8. The Morgan fingerprint density at radius 1 is 1.42 bits per heavy atom. The van der Waals surface area contributed by atoms with Crippen LogP contribution in [0.5, 0.6) is 0 Å². The van der Waals surface area contributed by atoms with Crippen molar-refractivity contribution in [3.05, 3.63) is 52.0 Å². The summed E-state index contributed by atoms with van der Waals surface area (Å²) in [6, 6.07) is 9.04. The van der Waals surface area contributed by atoms with Crippen LogP contribution in [-0.4, -0.2) is 4.98 Å². The molecule has 4 heteroatoms. The van der Waals surface area contributed by atoms with Gasteiger partial charge in [-0.05, 0) is 42.7 Å². The summed E-state index contributed by atoms with van der Waals surface area (Å²) < 4.78 is 0. The van der Waals surface area contributed by atoms with Crippen molar-refractivity contribution in [3.63, 3.8) is 0 Å². The molecule has 2 atom stereocenters. The highest BCUT2D eigenvalue weighted by Crippen LogP contribution is 2.37. The number of hydrogen-bond donors (Lipinski definition) is 2. The number of benzene rings is 1. The number of thiazole rings is 1. The molecule has 3 nitrogen and oxygen atoms in total. The third-order valence-electron chi connectivity index (χ3n) is 4.01. The molecule has 1 aromatic heterocycles. The van der Waals surface area contributed by atoms with Gasteiger partial charge in [0.2, 0.25) is 0 Å². The van der Waals surface area contributed by atoms with Crippen molar-refractivity contribution in [1.82, 2.24) is 10.4 Å². The molecule has 3 N–H and O–H groups in total. The third kappa shape index (κ3) is 2.71. The molecule has 2 unspecified atom stereocenters. The number of rotatable bonds is 4. The van der Waals surface area contributed by atoms with Crippen molar-refractivity contribution in [2.45, 2.75) is 37.6 Å². The smallest absolute Gasteiger partial charge is 0.0794 e. The van der Waals surface area contributed by atoms with Gasteiger partial charge in [-0.25, -0.2) is 0 Å². The van der Waals surface area contributed by atoms with Gasteiger partial charge in [0.05, 0.1) is 11.6 Å². The first-order valence-electron chi connectivity index (χ1n) is 6.81. The summed E-state index contributed by atoms with van der Waals surface area (Å²) in [6.45, 7) is 0. The van der Waals surface area contributed by atoms with Crippen molar-refractivity contribution in [3.8, 4) is 0 Å². The topological polar surface area (TPSA) is 50.9 Å². The first-order chi connectivity index (χ1) is 9.38. The van der Waals surface area contributed by atoms with Crippen LogP contribution in [0.1, 0.15) is 47.2 Å². The number of fused-ring (bicyclic) bond motifs is 1. The van der Waals surface area contributed by atoms with E-state index < -0.39 is 0 Å². The van der Waals surface area contributed by atoms with Gasteiger partial charge in [0.15, 0.2) is 0 Å². The maximum absolute atomic E-state index is 5.73. The fraction of sp³-hybridized carbons (Fsp3) is 0.400. The van der Waals surface area contributed by atoms with Gasteiger partial charge in [-0.3, -0.25) is 16.3 Å². The summed E-state index contributed by atoms with van der Waals surface area (Å²) in [5, 5.41) is 0. The molecular formula is C15H19N3S. The molecule has 1 heterocycles. The molecule has 0 saturated carbocycles. The summed E-state index contributed by atoms with van der Waals surface area (Å²) in [5.74, 6) is 6.33. The minimum absolute atomic E-state index is 0.212. The lowest BCUT2D eigenvalue weighted by Crippen LogP contribution is -2.29. The maximum Gasteiger partial charge on any atom is 0.0794 e. The molecule has 19 heavy (non-hydrogen) atoms. The van der Waals surface area contributed by atoms with Gasteiger partial charge in [0.1, 0.15) is 0 Å². The zero-order chi connectivity index (χ0) is 13.1. The average Bonchev–Trinajstić information content (AvgIpc) is 2.99. The van der Waals surface area contributed by atoms with Crippen LogP contribution in [0.4, 0.5) is 0 Å². The van der Waals surface area contributed by atoms with E-state index in [2.05, 4.69) is 34.7 Å². The van der Waals surface area contributed by atoms with Gasteiger partial charge in [-0.1, -0.05) is 24.3 Å². The van der Waals surface area contributed by atoms with Crippen molar-refractivity contribution in [2.24, 2.45) is 5.84 Å². The number of nitrogens with two attached hydrogens (primary N) is 1. The van der Waals surface area contributed by atoms with E-state index in [4.69, 9.17) is 5.84 Å². The van der Waals surface area contributed by atoms with Crippen molar-refractivity contribution in [2.75, 3.05) is 0 Å². The van der Waals surface area contributed by atoms with E-state index in [1.165, 1.54) is 35.3 Å². The number of aromatic nitrogens is 1. The minimum Gasteiger partial charge on any atom is -0.271 e. The zero-order valence-corrected chi connectivity index (χ0v) is 11.7. The Labute approximate surface area is 117 Å². The molecule has 0 bridgehead atoms. The second kappa shape index (κ2) is 5.82. The molecule has 1 aliphatic carbocycles. The Bertz CT molecular complexity index is 524. The normalized spacial score (nSPS) is 19.9. The SMILES string of the molecule is NNC(CC1CCCc2ccccc21)c1cncs1. The van der Waals surface area contributed by atoms with E-state index in [-0.39, 0.29) is 6.04 Å². The Kier molecular flexibility index (Phi) is 3.92. The fourth-order valence-corrected chi connectivity index (χ4v) is 3.74. The van der Waals surface area contributed by atoms with Gasteiger partial charge in [0.25, 0.3) is 0 Å². The monoisotopic (exact) mass is 273 g/mol. The average molecular weight is 273 g/mol. The number of aryl methyl sites for hydroxylation is 1. The van der Waals surface area contributed by atoms with E-state index in [1.54, 1.807) is 11.3 Å². The second-order valence-corrected chi connectivity index (χ2v) is 6.06. The lowest BCUT2D eigenvalue weighted by Gasteiger charge is -2.28. The van der Waals surface area contributed by atoms with Crippen LogP contribution in [0, 0.1) is 0 Å². The summed E-state index contributed by atoms with van der Waals surface area (Å²) >= 11 is 1.67. The predicted molar refractivity (Wildman–Crippen MR) is 78.9 cm³/mol. The molecule has 3 rings (SSSR count). The molecule has 0 spiro atoms. The molecule has 1 aliphatic rings. The van der Waals surface area contributed by atoms with Crippen molar-refractivity contribution in [1.29, 1.82) is 0 Å². The van der Waals surface area contributed by atoms with E-state index in [0.717, 1.165) is 6.42 Å². The number of hydrazine groups is 1. The van der Waals surface area contributed by atoms with Gasteiger partial charge < -0.3 is 0 Å². The maximum atomic E-state index is 5.73. The van der Waals surface area contributed by atoms with E-state index in [0.29, 0.717) is 5.92 Å². The standard InChI is InChI=1S/C15H19N3S/c16-18-14(15-9-17-10-19-15)8-12-6-3-5-11-4-1-2-7-13(11)12/h1-2,4,7,9-10,12,14,18H,3,5-6,8,16H2. The molecule has 2 aromatic rings. The molecule has 0 fully saturated rings. The summed E-state index contributed by atoms with van der Waals surface area (Å²) in [6.07, 6.45) is 6.73. The van der Waals surface area contributed by atoms with Gasteiger partial charge in [0, 0.05) is 11.1 Å². The summed E-state index contributed by atoms with van der Waals surface area (Å²) in [7, 11) is 0. The Morgan fingerprint density at radius 3 is 3.11 bits per heavy atom. The van der Waals surface area contributed by atoms with Gasteiger partial charge in [-0.15, -0.1) is 11.3 Å². The fourth-order valence-electron chi connectivity index (χ4n) is 3.05. The largest absolute Gasteiger partial charge is 0.271 e. The Balaban J connectivity index is 1.80. The number of nitrogens with zero attached hydrogens (tertiary/aromatic N) is 1. The lowest BCUT2D eigenvalue weighted by atomic mass is 9.79. The third-order valence-corrected chi connectivity index (χ3v) is 4.90. The molecule has 0 radical (unpaired) electrons. The lowest BCUT2D eigenvalue weighted by molar-refractivity contribution is 0.429. The highest BCUT2D eigenvalue weighted by Gasteiger charge is 2.24. The quantitative estimate of drug-likeness (QED) is 0.664. The highest BCUT2D eigenvalue weighted by molar-refractivity contribution is 7.09. The molecular weight excluding hydrogens is 254 g/mol. The zero-order valence-electron chi connectivity index (χ0n) is 10.9. The molecule has 0 amide bonds. The molecule has 1 aromatic carbocycles. The van der Waals surface area contributed by atoms with Crippen molar-refractivity contribution >= 4 is 11.3 Å². The van der Waals surface area contributed by atoms with Crippen LogP contribution < -0.4 is 11.3 Å². The van der Waals surface area contributed by atoms with Crippen LogP contribution in [0.25, 0.3) is 0 Å².